The van der Waals surface area contributed by atoms with Crippen molar-refractivity contribution in [3.8, 4) is 44.5 Å². The fourth-order valence-corrected chi connectivity index (χ4v) is 7.01. The summed E-state index contributed by atoms with van der Waals surface area (Å²) in [5.41, 5.74) is 0.327. The predicted molar refractivity (Wildman–Crippen MR) is 225 cm³/mol. The third-order valence-electron chi connectivity index (χ3n) is 9.43. The smallest absolute Gasteiger partial charge is 0.136 e. The van der Waals surface area contributed by atoms with Crippen LogP contribution in [0.3, 0.4) is 0 Å². The molecule has 0 bridgehead atoms. The van der Waals surface area contributed by atoms with Crippen LogP contribution >= 0.6 is 0 Å². The van der Waals surface area contributed by atoms with Crippen molar-refractivity contribution >= 4 is 65.0 Å². The lowest BCUT2D eigenvalue weighted by Crippen LogP contribution is -1.92. The molecule has 11 rings (SSSR count). The van der Waals surface area contributed by atoms with Gasteiger partial charge in [-0.05, 0) is 124 Å². The minimum Gasteiger partial charge on any atom is -0.456 e. The molecule has 246 valence electrons. The predicted octanol–water partition coefficient (Wildman–Crippen LogP) is 14.9. The maximum absolute atomic E-state index is 10.0. The lowest BCUT2D eigenvalue weighted by Gasteiger charge is -2.19. The SMILES string of the molecule is [2H]c1c([2H])c([2H])c2c([2H])c(-c3c4c([2H])c([2H])c([2H])c([2H])c4c(-c4c([2H])c([2H])c([2H])c5c([2H])c([2H])c(-c6ccc7oc8cc(-c9ccccc9)ccc8c7c6)c([2H])c45)c4c([2H])c([2H])c([2H])c([2H])c34)c([2H])c([2H])c2c1[2H]. The van der Waals surface area contributed by atoms with Crippen LogP contribution in [0.25, 0.3) is 110 Å². The fourth-order valence-electron chi connectivity index (χ4n) is 7.01. The highest BCUT2D eigenvalue weighted by molar-refractivity contribution is 6.24. The Morgan fingerprint density at radius 2 is 0.981 bits per heavy atom. The molecular formula is C52H32O. The Balaban J connectivity index is 1.34. The topological polar surface area (TPSA) is 13.1 Å². The van der Waals surface area contributed by atoms with Gasteiger partial charge in [0.05, 0.1) is 28.8 Å². The lowest BCUT2D eigenvalue weighted by molar-refractivity contribution is 0.669. The second-order valence-corrected chi connectivity index (χ2v) is 12.4. The maximum Gasteiger partial charge on any atom is 0.136 e. The van der Waals surface area contributed by atoms with Gasteiger partial charge in [-0.1, -0.05) is 157 Å². The number of hydrogen-bond donors (Lipinski definition) is 0. The molecule has 10 aromatic carbocycles. The molecule has 1 heterocycles. The lowest BCUT2D eigenvalue weighted by atomic mass is 9.84. The Morgan fingerprint density at radius 1 is 0.340 bits per heavy atom. The third kappa shape index (κ3) is 4.79. The van der Waals surface area contributed by atoms with E-state index in [0.29, 0.717) is 21.9 Å². The van der Waals surface area contributed by atoms with E-state index in [1.807, 2.05) is 48.5 Å². The Morgan fingerprint density at radius 3 is 1.77 bits per heavy atom. The molecule has 0 aliphatic heterocycles. The quantitative estimate of drug-likeness (QED) is 0.167. The molecule has 1 heteroatoms. The number of benzene rings is 10. The van der Waals surface area contributed by atoms with E-state index in [2.05, 4.69) is 0 Å². The zero-order chi connectivity index (χ0) is 53.2. The number of fused-ring (bicyclic) bond motifs is 7. The molecule has 0 aliphatic carbocycles. The monoisotopic (exact) mass is 693 g/mol. The minimum absolute atomic E-state index is 0.201. The van der Waals surface area contributed by atoms with E-state index in [1.54, 1.807) is 18.2 Å². The number of furan rings is 1. The fraction of sp³-hybridized carbons (Fsp3) is 0. The second-order valence-electron chi connectivity index (χ2n) is 12.4. The molecule has 11 aromatic rings. The van der Waals surface area contributed by atoms with Crippen LogP contribution in [0, 0.1) is 0 Å². The molecule has 0 unspecified atom stereocenters. The molecule has 0 aliphatic rings. The van der Waals surface area contributed by atoms with Gasteiger partial charge in [0.15, 0.2) is 0 Å². The van der Waals surface area contributed by atoms with Crippen LogP contribution in [-0.2, 0) is 0 Å². The van der Waals surface area contributed by atoms with E-state index in [0.717, 1.165) is 11.1 Å². The van der Waals surface area contributed by atoms with E-state index in [4.69, 9.17) is 19.5 Å². The first-order valence-corrected chi connectivity index (χ1v) is 16.5. The molecule has 1 nitrogen and oxygen atoms in total. The molecule has 0 saturated carbocycles. The van der Waals surface area contributed by atoms with Crippen LogP contribution in [0.15, 0.2) is 198 Å². The molecule has 0 fully saturated rings. The van der Waals surface area contributed by atoms with Crippen molar-refractivity contribution < 1.29 is 33.2 Å². The molecule has 0 saturated heterocycles. The van der Waals surface area contributed by atoms with E-state index in [9.17, 15) is 13.7 Å². The number of hydrogen-bond acceptors (Lipinski definition) is 1. The summed E-state index contributed by atoms with van der Waals surface area (Å²) in [5, 5.41) is -3.28. The summed E-state index contributed by atoms with van der Waals surface area (Å²) in [6, 6.07) is 2.83. The molecule has 1 aromatic heterocycles. The van der Waals surface area contributed by atoms with Crippen LogP contribution in [0.1, 0.15) is 28.8 Å². The van der Waals surface area contributed by atoms with Gasteiger partial charge in [-0.2, -0.15) is 0 Å². The molecular weight excluding hydrogens is 641 g/mol. The van der Waals surface area contributed by atoms with Crippen molar-refractivity contribution in [2.45, 2.75) is 0 Å². The van der Waals surface area contributed by atoms with Gasteiger partial charge in [0, 0.05) is 10.8 Å². The van der Waals surface area contributed by atoms with Gasteiger partial charge >= 0.3 is 0 Å². The molecule has 0 N–H and O–H groups in total. The first-order valence-electron chi connectivity index (χ1n) is 27.0. The Bertz CT molecular complexity index is 4350. The van der Waals surface area contributed by atoms with Crippen LogP contribution in [0.4, 0.5) is 0 Å². The van der Waals surface area contributed by atoms with Crippen molar-refractivity contribution in [3.05, 3.63) is 194 Å². The zero-order valence-corrected chi connectivity index (χ0v) is 27.3. The summed E-state index contributed by atoms with van der Waals surface area (Å²) >= 11 is 0. The third-order valence-corrected chi connectivity index (χ3v) is 9.43. The van der Waals surface area contributed by atoms with E-state index in [-0.39, 0.29) is 11.1 Å². The molecule has 53 heavy (non-hydrogen) atoms. The van der Waals surface area contributed by atoms with Crippen LogP contribution < -0.4 is 0 Å². The Hall–Kier alpha value is -6.96. The first-order chi connectivity index (χ1) is 35.0. The van der Waals surface area contributed by atoms with Gasteiger partial charge in [-0.25, -0.2) is 0 Å². The standard InChI is InChI=1S/C52H32O/c1-2-11-33(12-3-1)39-25-27-41-48-31-38(26-28-49(48)53-50(41)32-39)37-23-22-35-15-10-20-46(47(35)30-37)52-44-18-8-6-16-42(44)51(43-17-7-9-19-45(43)52)40-24-21-34-13-4-5-14-36(34)29-40/h1-32H/i4D,5D,6D,7D,8D,9D,10D,13D,14D,15D,16D,17D,18D,19D,20D,21D,22D,23D,24D,29D,30D. The van der Waals surface area contributed by atoms with Gasteiger partial charge in [0.25, 0.3) is 0 Å². The van der Waals surface area contributed by atoms with Gasteiger partial charge < -0.3 is 4.42 Å². The minimum atomic E-state index is -0.908. The Kier molecular flexibility index (Phi) is 3.50. The van der Waals surface area contributed by atoms with Crippen molar-refractivity contribution in [2.24, 2.45) is 0 Å². The summed E-state index contributed by atoms with van der Waals surface area (Å²) in [5.74, 6) is 0. The summed E-state index contributed by atoms with van der Waals surface area (Å²) in [6.07, 6.45) is 0. The van der Waals surface area contributed by atoms with Crippen molar-refractivity contribution in [2.75, 3.05) is 0 Å². The molecule has 0 atom stereocenters. The normalized spacial score (nSPS) is 17.3. The largest absolute Gasteiger partial charge is 0.456 e. The van der Waals surface area contributed by atoms with Gasteiger partial charge in [-0.3, -0.25) is 0 Å². The van der Waals surface area contributed by atoms with Crippen molar-refractivity contribution in [3.63, 3.8) is 0 Å². The summed E-state index contributed by atoms with van der Waals surface area (Å²) in [6.45, 7) is 0. The van der Waals surface area contributed by atoms with Gasteiger partial charge in [-0.15, -0.1) is 0 Å². The Labute approximate surface area is 336 Å². The molecule has 0 amide bonds. The zero-order valence-electron chi connectivity index (χ0n) is 48.3. The van der Waals surface area contributed by atoms with E-state index < -0.39 is 192 Å². The summed E-state index contributed by atoms with van der Waals surface area (Å²) in [7, 11) is 0. The highest BCUT2D eigenvalue weighted by atomic mass is 16.3. The summed E-state index contributed by atoms with van der Waals surface area (Å²) < 4.78 is 199. The van der Waals surface area contributed by atoms with Gasteiger partial charge in [0.2, 0.25) is 0 Å². The van der Waals surface area contributed by atoms with Crippen LogP contribution in [0.2, 0.25) is 0 Å². The maximum atomic E-state index is 10.0. The van der Waals surface area contributed by atoms with E-state index in [1.165, 1.54) is 0 Å². The van der Waals surface area contributed by atoms with E-state index >= 15 is 0 Å². The first kappa shape index (κ1) is 15.7. The van der Waals surface area contributed by atoms with Crippen LogP contribution in [-0.4, -0.2) is 0 Å². The van der Waals surface area contributed by atoms with Crippen LogP contribution in [0.5, 0.6) is 0 Å². The summed E-state index contributed by atoms with van der Waals surface area (Å²) in [4.78, 5) is 0. The van der Waals surface area contributed by atoms with Gasteiger partial charge in [0.1, 0.15) is 11.2 Å². The van der Waals surface area contributed by atoms with Crippen molar-refractivity contribution in [1.82, 2.24) is 0 Å². The average molecular weight is 694 g/mol. The van der Waals surface area contributed by atoms with Crippen molar-refractivity contribution in [1.29, 1.82) is 0 Å². The molecule has 0 spiro atoms. The second kappa shape index (κ2) is 11.8. The highest BCUT2D eigenvalue weighted by Gasteiger charge is 2.19. The highest BCUT2D eigenvalue weighted by Crippen LogP contribution is 2.46. The molecule has 0 radical (unpaired) electrons. The average Bonchev–Trinajstić information content (AvgIpc) is 3.77. The number of rotatable bonds is 4.